The van der Waals surface area contributed by atoms with E-state index in [2.05, 4.69) is 22.5 Å². The number of primary sulfonamides is 1. The lowest BCUT2D eigenvalue weighted by molar-refractivity contribution is 0.130. The van der Waals surface area contributed by atoms with Crippen LogP contribution in [-0.4, -0.2) is 53.0 Å². The molecule has 0 aliphatic carbocycles. The Bertz CT molecular complexity index is 358. The summed E-state index contributed by atoms with van der Waals surface area (Å²) >= 11 is 0. The zero-order valence-corrected chi connectivity index (χ0v) is 13.3. The number of rotatable bonds is 11. The standard InChI is InChI=1S/C12H28N4O3S/c1-3-5-9-19-10-6-7-15-12(14-4-2)16-8-11-20(13,17)18/h3-11H2,1-2H3,(H2,13,17,18)(H2,14,15,16). The number of nitrogens with one attached hydrogen (secondary N) is 2. The lowest BCUT2D eigenvalue weighted by atomic mass is 10.4. The van der Waals surface area contributed by atoms with Crippen LogP contribution >= 0.6 is 0 Å². The molecule has 120 valence electrons. The van der Waals surface area contributed by atoms with Gasteiger partial charge >= 0.3 is 0 Å². The van der Waals surface area contributed by atoms with E-state index in [0.717, 1.165) is 25.9 Å². The summed E-state index contributed by atoms with van der Waals surface area (Å²) in [6, 6.07) is 0. The first-order chi connectivity index (χ1) is 9.49. The van der Waals surface area contributed by atoms with Crippen molar-refractivity contribution in [1.82, 2.24) is 10.6 Å². The minimum atomic E-state index is -3.44. The average Bonchev–Trinajstić information content (AvgIpc) is 2.36. The minimum Gasteiger partial charge on any atom is -0.381 e. The van der Waals surface area contributed by atoms with Gasteiger partial charge in [-0.05, 0) is 19.8 Å². The Kier molecular flexibility index (Phi) is 11.4. The third-order valence-electron chi connectivity index (χ3n) is 2.38. The molecule has 0 amide bonds. The number of hydrogen-bond donors (Lipinski definition) is 3. The molecule has 0 aromatic carbocycles. The number of unbranched alkanes of at least 4 members (excludes halogenated alkanes) is 1. The van der Waals surface area contributed by atoms with E-state index < -0.39 is 10.0 Å². The van der Waals surface area contributed by atoms with E-state index >= 15 is 0 Å². The van der Waals surface area contributed by atoms with E-state index in [-0.39, 0.29) is 12.3 Å². The second-order valence-corrected chi connectivity index (χ2v) is 6.11. The van der Waals surface area contributed by atoms with Gasteiger partial charge in [-0.2, -0.15) is 0 Å². The highest BCUT2D eigenvalue weighted by molar-refractivity contribution is 7.89. The predicted molar refractivity (Wildman–Crippen MR) is 82.3 cm³/mol. The summed E-state index contributed by atoms with van der Waals surface area (Å²) in [4.78, 5) is 4.33. The summed E-state index contributed by atoms with van der Waals surface area (Å²) in [5, 5.41) is 10.9. The molecule has 0 aromatic heterocycles. The van der Waals surface area contributed by atoms with Gasteiger partial charge in [0.05, 0.1) is 5.75 Å². The van der Waals surface area contributed by atoms with Gasteiger partial charge < -0.3 is 15.4 Å². The van der Waals surface area contributed by atoms with E-state index in [4.69, 9.17) is 9.88 Å². The highest BCUT2D eigenvalue weighted by atomic mass is 32.2. The van der Waals surface area contributed by atoms with E-state index in [1.807, 2.05) is 6.92 Å². The number of nitrogens with zero attached hydrogens (tertiary/aromatic N) is 1. The van der Waals surface area contributed by atoms with Crippen molar-refractivity contribution >= 4 is 16.0 Å². The van der Waals surface area contributed by atoms with Crippen LogP contribution in [0.4, 0.5) is 0 Å². The summed E-state index contributed by atoms with van der Waals surface area (Å²) in [5.41, 5.74) is 0. The monoisotopic (exact) mass is 308 g/mol. The number of guanidine groups is 1. The fourth-order valence-corrected chi connectivity index (χ4v) is 1.75. The van der Waals surface area contributed by atoms with Gasteiger partial charge in [0.2, 0.25) is 10.0 Å². The summed E-state index contributed by atoms with van der Waals surface area (Å²) in [7, 11) is -3.44. The van der Waals surface area contributed by atoms with Crippen LogP contribution < -0.4 is 15.8 Å². The Balaban J connectivity index is 3.83. The highest BCUT2D eigenvalue weighted by Gasteiger charge is 2.03. The molecule has 0 bridgehead atoms. The third kappa shape index (κ3) is 13.6. The molecule has 0 radical (unpaired) electrons. The van der Waals surface area contributed by atoms with Crippen LogP contribution in [0, 0.1) is 0 Å². The van der Waals surface area contributed by atoms with Crippen molar-refractivity contribution in [3.05, 3.63) is 0 Å². The maximum atomic E-state index is 10.8. The SMILES string of the molecule is CCCCOCCCN=C(NCC)NCCS(N)(=O)=O. The van der Waals surface area contributed by atoms with Gasteiger partial charge in [-0.25, -0.2) is 13.6 Å². The number of hydrogen-bond acceptors (Lipinski definition) is 4. The van der Waals surface area contributed by atoms with Crippen LogP contribution in [-0.2, 0) is 14.8 Å². The van der Waals surface area contributed by atoms with Crippen molar-refractivity contribution in [1.29, 1.82) is 0 Å². The Morgan fingerprint density at radius 3 is 2.50 bits per heavy atom. The van der Waals surface area contributed by atoms with Gasteiger partial charge in [0.1, 0.15) is 0 Å². The Morgan fingerprint density at radius 1 is 1.20 bits per heavy atom. The molecule has 0 saturated carbocycles. The first-order valence-electron chi connectivity index (χ1n) is 7.10. The average molecular weight is 308 g/mol. The molecule has 0 spiro atoms. The van der Waals surface area contributed by atoms with Gasteiger partial charge in [0, 0.05) is 32.8 Å². The van der Waals surface area contributed by atoms with Crippen molar-refractivity contribution < 1.29 is 13.2 Å². The van der Waals surface area contributed by atoms with Gasteiger partial charge in [-0.1, -0.05) is 13.3 Å². The molecule has 20 heavy (non-hydrogen) atoms. The predicted octanol–water partition coefficient (Wildman–Crippen LogP) is 0.0368. The summed E-state index contributed by atoms with van der Waals surface area (Å²) in [5.74, 6) is 0.488. The Hall–Kier alpha value is -0.860. The zero-order valence-electron chi connectivity index (χ0n) is 12.5. The fourth-order valence-electron chi connectivity index (χ4n) is 1.36. The van der Waals surface area contributed by atoms with E-state index in [9.17, 15) is 8.42 Å². The van der Waals surface area contributed by atoms with Crippen molar-refractivity contribution in [3.63, 3.8) is 0 Å². The van der Waals surface area contributed by atoms with Gasteiger partial charge in [0.25, 0.3) is 0 Å². The topological polar surface area (TPSA) is 106 Å². The summed E-state index contributed by atoms with van der Waals surface area (Å²) in [6.45, 7) is 7.17. The molecular formula is C12H28N4O3S. The molecule has 0 unspecified atom stereocenters. The van der Waals surface area contributed by atoms with Crippen molar-refractivity contribution in [2.45, 2.75) is 33.1 Å². The summed E-state index contributed by atoms with van der Waals surface area (Å²) in [6.07, 6.45) is 3.06. The highest BCUT2D eigenvalue weighted by Crippen LogP contribution is 1.90. The van der Waals surface area contributed by atoms with Gasteiger partial charge in [0.15, 0.2) is 5.96 Å². The second kappa shape index (κ2) is 11.9. The smallest absolute Gasteiger partial charge is 0.210 e. The van der Waals surface area contributed by atoms with Crippen LogP contribution in [0.15, 0.2) is 4.99 Å². The number of ether oxygens (including phenoxy) is 1. The molecule has 0 heterocycles. The van der Waals surface area contributed by atoms with Crippen molar-refractivity contribution in [2.24, 2.45) is 10.1 Å². The molecule has 0 aliphatic heterocycles. The first-order valence-corrected chi connectivity index (χ1v) is 8.81. The maximum absolute atomic E-state index is 10.8. The fraction of sp³-hybridized carbons (Fsp3) is 0.917. The van der Waals surface area contributed by atoms with E-state index in [1.54, 1.807) is 0 Å². The normalized spacial score (nSPS) is 12.4. The number of sulfonamides is 1. The first kappa shape index (κ1) is 19.1. The molecule has 0 aromatic rings. The maximum Gasteiger partial charge on any atom is 0.210 e. The Morgan fingerprint density at radius 2 is 1.90 bits per heavy atom. The van der Waals surface area contributed by atoms with Crippen LogP contribution in [0.25, 0.3) is 0 Å². The molecule has 7 nitrogen and oxygen atoms in total. The van der Waals surface area contributed by atoms with E-state index in [0.29, 0.717) is 25.7 Å². The lowest BCUT2D eigenvalue weighted by Gasteiger charge is -2.10. The van der Waals surface area contributed by atoms with Crippen LogP contribution in [0.2, 0.25) is 0 Å². The lowest BCUT2D eigenvalue weighted by Crippen LogP contribution is -2.40. The molecule has 0 rings (SSSR count). The number of aliphatic imine (C=N–C) groups is 1. The Labute approximate surface area is 122 Å². The zero-order chi connectivity index (χ0) is 15.3. The third-order valence-corrected chi connectivity index (χ3v) is 3.16. The molecule has 8 heteroatoms. The van der Waals surface area contributed by atoms with Gasteiger partial charge in [-0.15, -0.1) is 0 Å². The molecule has 4 N–H and O–H groups in total. The van der Waals surface area contributed by atoms with Crippen molar-refractivity contribution in [2.75, 3.05) is 38.6 Å². The number of nitrogens with two attached hydrogens (primary N) is 1. The molecule has 0 saturated heterocycles. The van der Waals surface area contributed by atoms with Gasteiger partial charge in [-0.3, -0.25) is 4.99 Å². The largest absolute Gasteiger partial charge is 0.381 e. The van der Waals surface area contributed by atoms with Crippen molar-refractivity contribution in [3.8, 4) is 0 Å². The quantitative estimate of drug-likeness (QED) is 0.284. The van der Waals surface area contributed by atoms with Crippen LogP contribution in [0.3, 0.4) is 0 Å². The van der Waals surface area contributed by atoms with E-state index in [1.165, 1.54) is 0 Å². The molecule has 0 atom stereocenters. The molecular weight excluding hydrogens is 280 g/mol. The minimum absolute atomic E-state index is 0.114. The summed E-state index contributed by atoms with van der Waals surface area (Å²) < 4.78 is 27.1. The van der Waals surface area contributed by atoms with Crippen LogP contribution in [0.5, 0.6) is 0 Å². The van der Waals surface area contributed by atoms with Crippen LogP contribution in [0.1, 0.15) is 33.1 Å². The molecule has 0 aliphatic rings. The second-order valence-electron chi connectivity index (χ2n) is 4.37. The molecule has 0 fully saturated rings.